The molecule has 0 aliphatic heterocycles. The lowest BCUT2D eigenvalue weighted by Gasteiger charge is -2.20. The van der Waals surface area contributed by atoms with Gasteiger partial charge in [-0.05, 0) is 81.0 Å². The van der Waals surface area contributed by atoms with Crippen LogP contribution in [-0.4, -0.2) is 37.4 Å². The van der Waals surface area contributed by atoms with Crippen LogP contribution in [-0.2, 0) is 19.1 Å². The molecule has 39 heavy (non-hydrogen) atoms. The summed E-state index contributed by atoms with van der Waals surface area (Å²) in [6.45, 7) is 17.6. The van der Waals surface area contributed by atoms with Crippen molar-refractivity contribution in [2.45, 2.75) is 98.2 Å². The maximum atomic E-state index is 12.1. The van der Waals surface area contributed by atoms with Gasteiger partial charge in [0.2, 0.25) is 0 Å². The van der Waals surface area contributed by atoms with Crippen LogP contribution in [0.2, 0.25) is 0 Å². The van der Waals surface area contributed by atoms with E-state index in [0.29, 0.717) is 23.5 Å². The molecule has 0 fully saturated rings. The first-order valence-corrected chi connectivity index (χ1v) is 14.2. The highest BCUT2D eigenvalue weighted by atomic mass is 16.6. The van der Waals surface area contributed by atoms with Gasteiger partial charge in [0.15, 0.2) is 0 Å². The number of aryl methyl sites for hydroxylation is 1. The molecular formula is C33H46O6. The molecule has 0 aliphatic rings. The number of carbonyl (C=O) groups excluding carboxylic acids is 2. The number of hydrogen-bond acceptors (Lipinski definition) is 6. The summed E-state index contributed by atoms with van der Waals surface area (Å²) in [4.78, 5) is 24.2. The summed E-state index contributed by atoms with van der Waals surface area (Å²) in [7, 11) is 0. The van der Waals surface area contributed by atoms with Crippen LogP contribution in [0.15, 0.2) is 54.6 Å². The Hall–Kier alpha value is -3.28. The largest absolute Gasteiger partial charge is 0.490 e. The predicted molar refractivity (Wildman–Crippen MR) is 157 cm³/mol. The second-order valence-electron chi connectivity index (χ2n) is 10.3. The smallest absolute Gasteiger partial charge is 0.333 e. The molecule has 6 nitrogen and oxygen atoms in total. The number of ether oxygens (including phenoxy) is 4. The fourth-order valence-corrected chi connectivity index (χ4v) is 4.16. The number of unbranched alkanes of at least 4 members (excludes halogenated alkanes) is 4. The van der Waals surface area contributed by atoms with Crippen molar-refractivity contribution in [2.75, 3.05) is 13.2 Å². The molecule has 0 spiro atoms. The molecule has 0 aliphatic carbocycles. The lowest BCUT2D eigenvalue weighted by atomic mass is 10.0. The Kier molecular flexibility index (Phi) is 13.6. The van der Waals surface area contributed by atoms with Gasteiger partial charge in [0.25, 0.3) is 0 Å². The predicted octanol–water partition coefficient (Wildman–Crippen LogP) is 8.04. The highest BCUT2D eigenvalue weighted by molar-refractivity contribution is 5.89. The lowest BCUT2D eigenvalue weighted by molar-refractivity contribution is -0.147. The Balaban J connectivity index is 2.08. The van der Waals surface area contributed by atoms with Crippen LogP contribution < -0.4 is 9.47 Å². The van der Waals surface area contributed by atoms with E-state index < -0.39 is 0 Å². The summed E-state index contributed by atoms with van der Waals surface area (Å²) in [6.07, 6.45) is 7.15. The molecule has 0 bridgehead atoms. The molecule has 0 saturated carbocycles. The Morgan fingerprint density at radius 2 is 1.31 bits per heavy atom. The Morgan fingerprint density at radius 1 is 0.769 bits per heavy atom. The van der Waals surface area contributed by atoms with Crippen molar-refractivity contribution in [3.05, 3.63) is 60.2 Å². The van der Waals surface area contributed by atoms with Crippen LogP contribution in [0.5, 0.6) is 11.5 Å². The maximum Gasteiger partial charge on any atom is 0.333 e. The number of esters is 2. The molecular weight excluding hydrogens is 492 g/mol. The van der Waals surface area contributed by atoms with E-state index in [1.54, 1.807) is 13.8 Å². The van der Waals surface area contributed by atoms with E-state index in [1.807, 2.05) is 37.3 Å². The Bertz CT molecular complexity index is 1120. The van der Waals surface area contributed by atoms with Gasteiger partial charge in [0.1, 0.15) is 36.9 Å². The zero-order valence-corrected chi connectivity index (χ0v) is 24.5. The first-order valence-electron chi connectivity index (χ1n) is 14.2. The van der Waals surface area contributed by atoms with Gasteiger partial charge in [-0.15, -0.1) is 0 Å². The summed E-state index contributed by atoms with van der Waals surface area (Å²) in [5.74, 6) is 0.699. The standard InChI is InChI=1S/C33H46O6/c1-8-10-12-14-28(38-32(34)23(3)4)21-36-27-17-18-30-25(7)31(19-16-26(30)20-27)37-22-29(15-13-11-9-2)39-33(35)24(5)6/h16-20,28-29H,3,5,8-15,21-22H2,1-2,4,6-7H3. The third kappa shape index (κ3) is 10.8. The Morgan fingerprint density at radius 3 is 1.82 bits per heavy atom. The topological polar surface area (TPSA) is 71.1 Å². The first kappa shape index (κ1) is 31.9. The van der Waals surface area contributed by atoms with Crippen molar-refractivity contribution in [1.82, 2.24) is 0 Å². The molecule has 0 radical (unpaired) electrons. The van der Waals surface area contributed by atoms with Gasteiger partial charge < -0.3 is 18.9 Å². The summed E-state index contributed by atoms with van der Waals surface area (Å²) in [6, 6.07) is 9.85. The van der Waals surface area contributed by atoms with E-state index in [2.05, 4.69) is 27.0 Å². The monoisotopic (exact) mass is 538 g/mol. The SMILES string of the molecule is C=C(C)C(=O)OC(CCCCC)COc1ccc2c(C)c(OCC(CCCCC)OC(=O)C(=C)C)ccc2c1. The summed E-state index contributed by atoms with van der Waals surface area (Å²) >= 11 is 0. The molecule has 0 aromatic heterocycles. The van der Waals surface area contributed by atoms with Crippen molar-refractivity contribution in [2.24, 2.45) is 0 Å². The molecule has 2 rings (SSSR count). The summed E-state index contributed by atoms with van der Waals surface area (Å²) in [5.41, 5.74) is 1.78. The second kappa shape index (κ2) is 16.6. The third-order valence-electron chi connectivity index (χ3n) is 6.58. The summed E-state index contributed by atoms with van der Waals surface area (Å²) in [5, 5.41) is 2.07. The number of carbonyl (C=O) groups is 2. The fraction of sp³-hybridized carbons (Fsp3) is 0.515. The van der Waals surface area contributed by atoms with Crippen molar-refractivity contribution in [1.29, 1.82) is 0 Å². The normalized spacial score (nSPS) is 12.4. The van der Waals surface area contributed by atoms with Crippen molar-refractivity contribution >= 4 is 22.7 Å². The van der Waals surface area contributed by atoms with E-state index in [9.17, 15) is 9.59 Å². The van der Waals surface area contributed by atoms with Crippen LogP contribution in [0.4, 0.5) is 0 Å². The van der Waals surface area contributed by atoms with Crippen LogP contribution in [0.3, 0.4) is 0 Å². The maximum absolute atomic E-state index is 12.1. The van der Waals surface area contributed by atoms with Crippen LogP contribution in [0.25, 0.3) is 10.8 Å². The highest BCUT2D eigenvalue weighted by Crippen LogP contribution is 2.30. The average molecular weight is 539 g/mol. The number of benzene rings is 2. The van der Waals surface area contributed by atoms with Gasteiger partial charge in [-0.2, -0.15) is 0 Å². The lowest BCUT2D eigenvalue weighted by Crippen LogP contribution is -2.25. The molecule has 0 saturated heterocycles. The van der Waals surface area contributed by atoms with Gasteiger partial charge in [-0.25, -0.2) is 9.59 Å². The molecule has 0 amide bonds. The first-order chi connectivity index (χ1) is 18.7. The molecule has 0 heterocycles. The number of hydrogen-bond donors (Lipinski definition) is 0. The minimum atomic E-state index is -0.385. The average Bonchev–Trinajstić information content (AvgIpc) is 2.90. The van der Waals surface area contributed by atoms with E-state index >= 15 is 0 Å². The van der Waals surface area contributed by atoms with Crippen LogP contribution >= 0.6 is 0 Å². The zero-order valence-electron chi connectivity index (χ0n) is 24.5. The van der Waals surface area contributed by atoms with E-state index in [1.165, 1.54) is 0 Å². The molecule has 0 N–H and O–H groups in total. The minimum absolute atomic E-state index is 0.288. The zero-order chi connectivity index (χ0) is 28.8. The minimum Gasteiger partial charge on any atom is -0.490 e. The molecule has 214 valence electrons. The van der Waals surface area contributed by atoms with E-state index in [-0.39, 0.29) is 30.8 Å². The van der Waals surface area contributed by atoms with Gasteiger partial charge in [-0.3, -0.25) is 0 Å². The molecule has 2 atom stereocenters. The Labute approximate surface area is 234 Å². The summed E-state index contributed by atoms with van der Waals surface area (Å²) < 4.78 is 23.4. The van der Waals surface area contributed by atoms with E-state index in [0.717, 1.165) is 73.5 Å². The van der Waals surface area contributed by atoms with E-state index in [4.69, 9.17) is 18.9 Å². The number of rotatable bonds is 18. The number of fused-ring (bicyclic) bond motifs is 1. The van der Waals surface area contributed by atoms with Gasteiger partial charge >= 0.3 is 11.9 Å². The highest BCUT2D eigenvalue weighted by Gasteiger charge is 2.18. The molecule has 6 heteroatoms. The van der Waals surface area contributed by atoms with Gasteiger partial charge in [0.05, 0.1) is 0 Å². The van der Waals surface area contributed by atoms with Crippen LogP contribution in [0.1, 0.15) is 84.6 Å². The van der Waals surface area contributed by atoms with Crippen molar-refractivity contribution in [3.8, 4) is 11.5 Å². The van der Waals surface area contributed by atoms with Crippen LogP contribution in [0, 0.1) is 6.92 Å². The molecule has 2 unspecified atom stereocenters. The quantitative estimate of drug-likeness (QED) is 0.109. The second-order valence-corrected chi connectivity index (χ2v) is 10.3. The van der Waals surface area contributed by atoms with Crippen molar-refractivity contribution in [3.63, 3.8) is 0 Å². The van der Waals surface area contributed by atoms with Crippen molar-refractivity contribution < 1.29 is 28.5 Å². The molecule has 2 aromatic carbocycles. The van der Waals surface area contributed by atoms with Gasteiger partial charge in [0, 0.05) is 11.1 Å². The third-order valence-corrected chi connectivity index (χ3v) is 6.58. The van der Waals surface area contributed by atoms with Gasteiger partial charge in [-0.1, -0.05) is 64.8 Å². The molecule has 2 aromatic rings. The fourth-order valence-electron chi connectivity index (χ4n) is 4.16.